The van der Waals surface area contributed by atoms with Gasteiger partial charge in [0, 0.05) is 0 Å². The summed E-state index contributed by atoms with van der Waals surface area (Å²) in [5.41, 5.74) is 0. The number of ether oxygens (including phenoxy) is 3. The third-order valence-corrected chi connectivity index (χ3v) is 2.20. The topological polar surface area (TPSA) is 68.2 Å². The zero-order valence-electron chi connectivity index (χ0n) is 6.55. The van der Waals surface area contributed by atoms with Crippen molar-refractivity contribution >= 4 is 0 Å². The summed E-state index contributed by atoms with van der Waals surface area (Å²) in [4.78, 5) is 0. The van der Waals surface area contributed by atoms with Gasteiger partial charge in [0.1, 0.15) is 31.2 Å². The van der Waals surface area contributed by atoms with Crippen LogP contribution in [0.3, 0.4) is 0 Å². The maximum atomic E-state index is 9.46. The Bertz CT molecular complexity index is 160. The first-order chi connectivity index (χ1) is 5.79. The Kier molecular flexibility index (Phi) is 2.29. The fourth-order valence-electron chi connectivity index (χ4n) is 1.49. The normalized spacial score (nSPS) is 48.5. The smallest absolute Gasteiger partial charge is 0.147 e. The second kappa shape index (κ2) is 3.27. The number of aliphatic hydroxyl groups is 2. The summed E-state index contributed by atoms with van der Waals surface area (Å²) in [6, 6.07) is 0. The number of hydrogen-bond acceptors (Lipinski definition) is 5. The van der Waals surface area contributed by atoms with Crippen molar-refractivity contribution in [3.05, 3.63) is 0 Å². The van der Waals surface area contributed by atoms with Gasteiger partial charge in [-0.25, -0.2) is 0 Å². The third kappa shape index (κ3) is 1.34. The van der Waals surface area contributed by atoms with E-state index in [1.165, 1.54) is 0 Å². The van der Waals surface area contributed by atoms with Crippen molar-refractivity contribution in [2.45, 2.75) is 24.4 Å². The number of fused-ring (bicyclic) bond motifs is 1. The highest BCUT2D eigenvalue weighted by Gasteiger charge is 2.41. The molecule has 0 aliphatic carbocycles. The number of aliphatic hydroxyl groups excluding tert-OH is 2. The van der Waals surface area contributed by atoms with E-state index in [9.17, 15) is 10.2 Å². The summed E-state index contributed by atoms with van der Waals surface area (Å²) >= 11 is 0. The van der Waals surface area contributed by atoms with Gasteiger partial charge >= 0.3 is 0 Å². The average Bonchev–Trinajstić information content (AvgIpc) is 2.12. The molecule has 0 radical (unpaired) electrons. The van der Waals surface area contributed by atoms with Crippen molar-refractivity contribution in [3.8, 4) is 0 Å². The lowest BCUT2D eigenvalue weighted by atomic mass is 10.00. The van der Waals surface area contributed by atoms with Crippen LogP contribution in [0, 0.1) is 0 Å². The van der Waals surface area contributed by atoms with Crippen LogP contribution in [0.2, 0.25) is 0 Å². The van der Waals surface area contributed by atoms with Gasteiger partial charge in [0.25, 0.3) is 0 Å². The molecule has 2 heterocycles. The zero-order chi connectivity index (χ0) is 8.55. The molecule has 0 saturated carbocycles. The molecule has 0 aromatic heterocycles. The molecule has 5 heteroatoms. The molecular formula is C7H12O5. The molecule has 2 saturated heterocycles. The standard InChI is InChI=1S/C7H12O5/c8-4-1-11-5-2-10-3-12-7(5)6(4)9/h4-9H,1-3H2. The molecule has 2 N–H and O–H groups in total. The largest absolute Gasteiger partial charge is 0.388 e. The Hall–Kier alpha value is -0.200. The molecule has 2 aliphatic rings. The Morgan fingerprint density at radius 2 is 1.92 bits per heavy atom. The highest BCUT2D eigenvalue weighted by molar-refractivity contribution is 4.88. The third-order valence-electron chi connectivity index (χ3n) is 2.20. The average molecular weight is 176 g/mol. The van der Waals surface area contributed by atoms with Crippen LogP contribution in [0.1, 0.15) is 0 Å². The predicted octanol–water partition coefficient (Wildman–Crippen LogP) is -1.52. The van der Waals surface area contributed by atoms with Gasteiger partial charge < -0.3 is 24.4 Å². The fraction of sp³-hybridized carbons (Fsp3) is 1.00. The molecule has 5 nitrogen and oxygen atoms in total. The van der Waals surface area contributed by atoms with E-state index >= 15 is 0 Å². The molecule has 4 atom stereocenters. The lowest BCUT2D eigenvalue weighted by Gasteiger charge is -2.40. The Morgan fingerprint density at radius 3 is 2.75 bits per heavy atom. The summed E-state index contributed by atoms with van der Waals surface area (Å²) in [7, 11) is 0. The Labute approximate surface area is 69.8 Å². The van der Waals surface area contributed by atoms with Crippen LogP contribution in [0.4, 0.5) is 0 Å². The molecule has 0 amide bonds. The van der Waals surface area contributed by atoms with Crippen LogP contribution in [0.15, 0.2) is 0 Å². The van der Waals surface area contributed by atoms with Gasteiger partial charge in [0.2, 0.25) is 0 Å². The first-order valence-corrected chi connectivity index (χ1v) is 3.96. The molecule has 2 aliphatic heterocycles. The molecule has 0 spiro atoms. The lowest BCUT2D eigenvalue weighted by molar-refractivity contribution is -0.274. The van der Waals surface area contributed by atoms with E-state index in [4.69, 9.17) is 14.2 Å². The van der Waals surface area contributed by atoms with E-state index in [0.717, 1.165) is 0 Å². The second-order valence-electron chi connectivity index (χ2n) is 3.05. The fourth-order valence-corrected chi connectivity index (χ4v) is 1.49. The van der Waals surface area contributed by atoms with Gasteiger partial charge in [0.05, 0.1) is 13.2 Å². The molecular weight excluding hydrogens is 164 g/mol. The van der Waals surface area contributed by atoms with Crippen molar-refractivity contribution in [2.75, 3.05) is 20.0 Å². The molecule has 0 aromatic carbocycles. The maximum absolute atomic E-state index is 9.46. The van der Waals surface area contributed by atoms with E-state index in [1.54, 1.807) is 0 Å². The van der Waals surface area contributed by atoms with Crippen LogP contribution < -0.4 is 0 Å². The molecule has 12 heavy (non-hydrogen) atoms. The minimum absolute atomic E-state index is 0.148. The maximum Gasteiger partial charge on any atom is 0.147 e. The van der Waals surface area contributed by atoms with Gasteiger partial charge in [0.15, 0.2) is 0 Å². The summed E-state index contributed by atoms with van der Waals surface area (Å²) in [5.74, 6) is 0. The monoisotopic (exact) mass is 176 g/mol. The van der Waals surface area contributed by atoms with Crippen LogP contribution in [0.25, 0.3) is 0 Å². The van der Waals surface area contributed by atoms with E-state index < -0.39 is 18.3 Å². The minimum Gasteiger partial charge on any atom is -0.388 e. The van der Waals surface area contributed by atoms with Crippen molar-refractivity contribution in [2.24, 2.45) is 0 Å². The van der Waals surface area contributed by atoms with E-state index in [1.807, 2.05) is 0 Å². The highest BCUT2D eigenvalue weighted by Crippen LogP contribution is 2.21. The number of rotatable bonds is 0. The van der Waals surface area contributed by atoms with E-state index in [-0.39, 0.29) is 19.5 Å². The Balaban J connectivity index is 2.03. The van der Waals surface area contributed by atoms with Gasteiger partial charge in [-0.3, -0.25) is 0 Å². The summed E-state index contributed by atoms with van der Waals surface area (Å²) in [6.07, 6.45) is -2.38. The van der Waals surface area contributed by atoms with Crippen LogP contribution in [-0.2, 0) is 14.2 Å². The van der Waals surface area contributed by atoms with Crippen molar-refractivity contribution in [3.63, 3.8) is 0 Å². The first kappa shape index (κ1) is 8.40. The molecule has 0 bridgehead atoms. The SMILES string of the molecule is OC1COC2COCOC2C1O. The quantitative estimate of drug-likeness (QED) is 0.469. The minimum atomic E-state index is -0.854. The summed E-state index contributed by atoms with van der Waals surface area (Å²) in [6.45, 7) is 0.734. The molecule has 0 aromatic rings. The molecule has 4 unspecified atom stereocenters. The molecule has 2 fully saturated rings. The second-order valence-corrected chi connectivity index (χ2v) is 3.05. The van der Waals surface area contributed by atoms with E-state index in [2.05, 4.69) is 0 Å². The van der Waals surface area contributed by atoms with Gasteiger partial charge in [-0.05, 0) is 0 Å². The van der Waals surface area contributed by atoms with Gasteiger partial charge in [-0.15, -0.1) is 0 Å². The van der Waals surface area contributed by atoms with Crippen LogP contribution in [-0.4, -0.2) is 54.6 Å². The zero-order valence-corrected chi connectivity index (χ0v) is 6.55. The van der Waals surface area contributed by atoms with Gasteiger partial charge in [-0.2, -0.15) is 0 Å². The van der Waals surface area contributed by atoms with Crippen molar-refractivity contribution in [1.29, 1.82) is 0 Å². The first-order valence-electron chi connectivity index (χ1n) is 3.96. The van der Waals surface area contributed by atoms with Crippen LogP contribution in [0.5, 0.6) is 0 Å². The molecule has 70 valence electrons. The van der Waals surface area contributed by atoms with E-state index in [0.29, 0.717) is 6.61 Å². The van der Waals surface area contributed by atoms with Gasteiger partial charge in [-0.1, -0.05) is 0 Å². The summed E-state index contributed by atoms with van der Waals surface area (Å²) < 4.78 is 15.3. The van der Waals surface area contributed by atoms with Crippen molar-refractivity contribution in [1.82, 2.24) is 0 Å². The lowest BCUT2D eigenvalue weighted by Crippen LogP contribution is -2.57. The Morgan fingerprint density at radius 1 is 1.08 bits per heavy atom. The van der Waals surface area contributed by atoms with Crippen LogP contribution >= 0.6 is 0 Å². The highest BCUT2D eigenvalue weighted by atomic mass is 16.7. The number of hydrogen-bond donors (Lipinski definition) is 2. The molecule has 2 rings (SSSR count). The predicted molar refractivity (Wildman–Crippen MR) is 37.4 cm³/mol. The summed E-state index contributed by atoms with van der Waals surface area (Å²) in [5, 5.41) is 18.7. The van der Waals surface area contributed by atoms with Crippen molar-refractivity contribution < 1.29 is 24.4 Å².